The first-order valence-corrected chi connectivity index (χ1v) is 6.70. The second-order valence-electron chi connectivity index (χ2n) is 3.76. The third-order valence-electron chi connectivity index (χ3n) is 2.66. The van der Waals surface area contributed by atoms with E-state index in [0.29, 0.717) is 0 Å². The van der Waals surface area contributed by atoms with Gasteiger partial charge in [0.1, 0.15) is 0 Å². The van der Waals surface area contributed by atoms with E-state index in [1.165, 1.54) is 3.57 Å². The lowest BCUT2D eigenvalue weighted by atomic mass is 10.3. The van der Waals surface area contributed by atoms with Gasteiger partial charge in [0.15, 0.2) is 4.77 Å². The first kappa shape index (κ1) is 11.0. The molecular formula is C13H9IN2S. The number of benzene rings is 2. The Bertz CT molecular complexity index is 728. The Morgan fingerprint density at radius 3 is 2.59 bits per heavy atom. The second kappa shape index (κ2) is 4.27. The van der Waals surface area contributed by atoms with Crippen molar-refractivity contribution >= 4 is 45.8 Å². The van der Waals surface area contributed by atoms with Crippen LogP contribution in [-0.2, 0) is 0 Å². The van der Waals surface area contributed by atoms with Crippen LogP contribution < -0.4 is 0 Å². The zero-order valence-corrected chi connectivity index (χ0v) is 11.8. The molecular weight excluding hydrogens is 343 g/mol. The molecule has 3 rings (SSSR count). The van der Waals surface area contributed by atoms with Crippen LogP contribution in [0.1, 0.15) is 0 Å². The molecule has 0 bridgehead atoms. The van der Waals surface area contributed by atoms with E-state index < -0.39 is 0 Å². The Kier molecular flexibility index (Phi) is 2.76. The highest BCUT2D eigenvalue weighted by atomic mass is 127. The molecule has 1 aromatic heterocycles. The van der Waals surface area contributed by atoms with Crippen LogP contribution in [0.3, 0.4) is 0 Å². The number of nitrogens with zero attached hydrogens (tertiary/aromatic N) is 1. The van der Waals surface area contributed by atoms with Crippen molar-refractivity contribution in [2.24, 2.45) is 0 Å². The fourth-order valence-corrected chi connectivity index (χ4v) is 2.72. The Morgan fingerprint density at radius 2 is 1.82 bits per heavy atom. The fraction of sp³-hybridized carbons (Fsp3) is 0. The van der Waals surface area contributed by atoms with Gasteiger partial charge in [-0.2, -0.15) is 0 Å². The molecule has 2 aromatic carbocycles. The van der Waals surface area contributed by atoms with Crippen LogP contribution in [0.15, 0.2) is 48.5 Å². The summed E-state index contributed by atoms with van der Waals surface area (Å²) in [7, 11) is 0. The summed E-state index contributed by atoms with van der Waals surface area (Å²) in [5.41, 5.74) is 3.28. The van der Waals surface area contributed by atoms with E-state index in [-0.39, 0.29) is 0 Å². The minimum absolute atomic E-state index is 0.730. The number of para-hydroxylation sites is 1. The smallest absolute Gasteiger partial charge is 0.182 e. The standard InChI is InChI=1S/C13H9IN2S/c14-9-6-7-12-11(8-9)15-13(17)16(12)10-4-2-1-3-5-10/h1-8H,(H,15,17). The summed E-state index contributed by atoms with van der Waals surface area (Å²) in [6, 6.07) is 16.4. The molecule has 4 heteroatoms. The van der Waals surface area contributed by atoms with Gasteiger partial charge in [0.25, 0.3) is 0 Å². The number of imidazole rings is 1. The summed E-state index contributed by atoms with van der Waals surface area (Å²) in [6.45, 7) is 0. The normalized spacial score (nSPS) is 10.9. The van der Waals surface area contributed by atoms with E-state index in [0.717, 1.165) is 21.5 Å². The third-order valence-corrected chi connectivity index (χ3v) is 3.61. The maximum absolute atomic E-state index is 5.38. The van der Waals surface area contributed by atoms with Crippen molar-refractivity contribution in [3.05, 3.63) is 56.9 Å². The highest BCUT2D eigenvalue weighted by molar-refractivity contribution is 14.1. The minimum atomic E-state index is 0.730. The van der Waals surface area contributed by atoms with E-state index in [9.17, 15) is 0 Å². The van der Waals surface area contributed by atoms with Gasteiger partial charge in [0.05, 0.1) is 11.0 Å². The molecule has 1 N–H and O–H groups in total. The zero-order chi connectivity index (χ0) is 11.8. The molecule has 2 nitrogen and oxygen atoms in total. The molecule has 0 aliphatic carbocycles. The number of rotatable bonds is 1. The molecule has 3 aromatic rings. The maximum atomic E-state index is 5.38. The lowest BCUT2D eigenvalue weighted by Crippen LogP contribution is -1.92. The van der Waals surface area contributed by atoms with Gasteiger partial charge in [-0.05, 0) is 65.1 Å². The molecule has 0 radical (unpaired) electrons. The van der Waals surface area contributed by atoms with Crippen LogP contribution in [0.25, 0.3) is 16.7 Å². The van der Waals surface area contributed by atoms with Crippen LogP contribution in [0.4, 0.5) is 0 Å². The van der Waals surface area contributed by atoms with Crippen molar-refractivity contribution in [3.63, 3.8) is 0 Å². The SMILES string of the molecule is S=c1[nH]c2cc(I)ccc2n1-c1ccccc1. The average molecular weight is 352 g/mol. The third kappa shape index (κ3) is 1.91. The van der Waals surface area contributed by atoms with Gasteiger partial charge < -0.3 is 4.98 Å². The number of aromatic amines is 1. The van der Waals surface area contributed by atoms with Crippen molar-refractivity contribution < 1.29 is 0 Å². The Labute approximate surface area is 117 Å². The van der Waals surface area contributed by atoms with Crippen molar-refractivity contribution in [1.82, 2.24) is 9.55 Å². The highest BCUT2D eigenvalue weighted by Crippen LogP contribution is 2.21. The molecule has 0 fully saturated rings. The van der Waals surface area contributed by atoms with Gasteiger partial charge in [-0.1, -0.05) is 18.2 Å². The quantitative estimate of drug-likeness (QED) is 0.512. The van der Waals surface area contributed by atoms with Crippen molar-refractivity contribution in [3.8, 4) is 5.69 Å². The Morgan fingerprint density at radius 1 is 1.06 bits per heavy atom. The van der Waals surface area contributed by atoms with Gasteiger partial charge in [0.2, 0.25) is 0 Å². The molecule has 84 valence electrons. The number of aromatic nitrogens is 2. The largest absolute Gasteiger partial charge is 0.330 e. The van der Waals surface area contributed by atoms with Gasteiger partial charge in [0, 0.05) is 9.26 Å². The van der Waals surface area contributed by atoms with Crippen molar-refractivity contribution in [2.45, 2.75) is 0 Å². The predicted octanol–water partition coefficient (Wildman–Crippen LogP) is 4.29. The van der Waals surface area contributed by atoms with Crippen molar-refractivity contribution in [2.75, 3.05) is 0 Å². The molecule has 0 aliphatic heterocycles. The molecule has 0 unspecified atom stereocenters. The lowest BCUT2D eigenvalue weighted by molar-refractivity contribution is 1.06. The van der Waals surface area contributed by atoms with Crippen LogP contribution in [0, 0.1) is 8.34 Å². The topological polar surface area (TPSA) is 20.7 Å². The number of halogens is 1. The van der Waals surface area contributed by atoms with Crippen molar-refractivity contribution in [1.29, 1.82) is 0 Å². The molecule has 17 heavy (non-hydrogen) atoms. The van der Waals surface area contributed by atoms with Crippen LogP contribution in [-0.4, -0.2) is 9.55 Å². The molecule has 0 spiro atoms. The van der Waals surface area contributed by atoms with E-state index >= 15 is 0 Å². The monoisotopic (exact) mass is 352 g/mol. The predicted molar refractivity (Wildman–Crippen MR) is 81.2 cm³/mol. The molecule has 0 saturated heterocycles. The fourth-order valence-electron chi connectivity index (χ4n) is 1.92. The Balaban J connectivity index is 2.37. The first-order valence-electron chi connectivity index (χ1n) is 5.21. The second-order valence-corrected chi connectivity index (χ2v) is 5.39. The molecule has 0 amide bonds. The van der Waals surface area contributed by atoms with Gasteiger partial charge in [-0.3, -0.25) is 4.57 Å². The van der Waals surface area contributed by atoms with Crippen LogP contribution >= 0.6 is 34.8 Å². The number of nitrogens with one attached hydrogen (secondary N) is 1. The summed E-state index contributed by atoms with van der Waals surface area (Å²) in [4.78, 5) is 3.24. The lowest BCUT2D eigenvalue weighted by Gasteiger charge is -2.03. The highest BCUT2D eigenvalue weighted by Gasteiger charge is 2.05. The summed E-state index contributed by atoms with van der Waals surface area (Å²) < 4.78 is 3.99. The van der Waals surface area contributed by atoms with E-state index in [2.05, 4.69) is 62.5 Å². The van der Waals surface area contributed by atoms with Gasteiger partial charge in [-0.25, -0.2) is 0 Å². The summed E-state index contributed by atoms with van der Waals surface area (Å²) in [5, 5.41) is 0. The molecule has 1 heterocycles. The van der Waals surface area contributed by atoms with E-state index in [1.807, 2.05) is 18.2 Å². The Hall–Kier alpha value is -1.14. The minimum Gasteiger partial charge on any atom is -0.330 e. The van der Waals surface area contributed by atoms with Crippen LogP contribution in [0.2, 0.25) is 0 Å². The zero-order valence-electron chi connectivity index (χ0n) is 8.85. The average Bonchev–Trinajstić information content (AvgIpc) is 2.65. The van der Waals surface area contributed by atoms with E-state index in [1.54, 1.807) is 0 Å². The number of hydrogen-bond acceptors (Lipinski definition) is 1. The summed E-state index contributed by atoms with van der Waals surface area (Å²) in [5.74, 6) is 0. The molecule has 0 saturated carbocycles. The first-order chi connectivity index (χ1) is 8.25. The summed E-state index contributed by atoms with van der Waals surface area (Å²) in [6.07, 6.45) is 0. The number of fused-ring (bicyclic) bond motifs is 1. The molecule has 0 atom stereocenters. The maximum Gasteiger partial charge on any atom is 0.182 e. The number of H-pyrrole nitrogens is 1. The van der Waals surface area contributed by atoms with Gasteiger partial charge >= 0.3 is 0 Å². The number of hydrogen-bond donors (Lipinski definition) is 1. The van der Waals surface area contributed by atoms with Gasteiger partial charge in [-0.15, -0.1) is 0 Å². The molecule has 0 aliphatic rings. The summed E-state index contributed by atoms with van der Waals surface area (Å²) >= 11 is 7.68. The van der Waals surface area contributed by atoms with E-state index in [4.69, 9.17) is 12.2 Å². The van der Waals surface area contributed by atoms with Crippen LogP contribution in [0.5, 0.6) is 0 Å².